The van der Waals surface area contributed by atoms with Gasteiger partial charge in [0.05, 0.1) is 17.7 Å². The van der Waals surface area contributed by atoms with E-state index >= 15 is 0 Å². The number of hydrogen-bond acceptors (Lipinski definition) is 8. The molecule has 1 unspecified atom stereocenters. The minimum Gasteiger partial charge on any atom is -0.486 e. The summed E-state index contributed by atoms with van der Waals surface area (Å²) in [6.45, 7) is 4.92. The second kappa shape index (κ2) is 8.08. The fourth-order valence-corrected chi connectivity index (χ4v) is 5.01. The molecule has 29 heavy (non-hydrogen) atoms. The molecular formula is C20H22N4O3S2. The third-order valence-electron chi connectivity index (χ3n) is 4.83. The smallest absolute Gasteiger partial charge is 0.232 e. The summed E-state index contributed by atoms with van der Waals surface area (Å²) in [5, 5.41) is 1.43. The highest BCUT2D eigenvalue weighted by molar-refractivity contribution is 7.99. The molecule has 1 amide bonds. The van der Waals surface area contributed by atoms with Crippen LogP contribution in [0, 0.1) is 13.8 Å². The number of carbonyl (C=O) groups is 1. The maximum absolute atomic E-state index is 12.6. The number of anilines is 1. The van der Waals surface area contributed by atoms with Crippen LogP contribution in [-0.4, -0.2) is 52.8 Å². The molecule has 0 saturated carbocycles. The number of nitrogens with zero attached hydrogens (tertiary/aromatic N) is 3. The lowest BCUT2D eigenvalue weighted by Gasteiger charge is -2.29. The number of fused-ring (bicyclic) bond motifs is 2. The van der Waals surface area contributed by atoms with Crippen LogP contribution in [0.4, 0.5) is 5.82 Å². The largest absolute Gasteiger partial charge is 0.486 e. The number of nitrogens with two attached hydrogens (primary N) is 1. The summed E-state index contributed by atoms with van der Waals surface area (Å²) in [4.78, 5) is 25.2. The molecule has 1 atom stereocenters. The summed E-state index contributed by atoms with van der Waals surface area (Å²) in [7, 11) is 1.76. The van der Waals surface area contributed by atoms with E-state index < -0.39 is 0 Å². The molecular weight excluding hydrogens is 408 g/mol. The monoisotopic (exact) mass is 430 g/mol. The number of ether oxygens (including phenoxy) is 2. The molecule has 3 aromatic rings. The van der Waals surface area contributed by atoms with Crippen LogP contribution >= 0.6 is 23.1 Å². The minimum absolute atomic E-state index is 0.0294. The lowest BCUT2D eigenvalue weighted by Crippen LogP contribution is -2.42. The van der Waals surface area contributed by atoms with E-state index in [1.54, 1.807) is 23.3 Å². The summed E-state index contributed by atoms with van der Waals surface area (Å²) in [5.74, 6) is 2.11. The zero-order chi connectivity index (χ0) is 20.5. The Morgan fingerprint density at radius 1 is 1.31 bits per heavy atom. The standard InChI is InChI=1S/C20H22N4O3S2/c1-11-12(2)29-19-17(11)18(21)22-20(23-19)28-10-16(25)24(3)8-13-9-26-14-6-4-5-7-15(14)27-13/h4-7,13H,8-10H2,1-3H3,(H2,21,22,23). The van der Waals surface area contributed by atoms with Crippen molar-refractivity contribution in [2.24, 2.45) is 0 Å². The van der Waals surface area contributed by atoms with Crippen molar-refractivity contribution < 1.29 is 14.3 Å². The molecule has 9 heteroatoms. The molecule has 152 valence electrons. The van der Waals surface area contributed by atoms with Gasteiger partial charge in [-0.15, -0.1) is 11.3 Å². The van der Waals surface area contributed by atoms with Gasteiger partial charge in [-0.2, -0.15) is 0 Å². The number of benzene rings is 1. The van der Waals surface area contributed by atoms with Crippen molar-refractivity contribution in [2.75, 3.05) is 31.7 Å². The topological polar surface area (TPSA) is 90.6 Å². The third kappa shape index (κ3) is 4.11. The number of hydrogen-bond donors (Lipinski definition) is 1. The van der Waals surface area contributed by atoms with E-state index in [0.29, 0.717) is 29.9 Å². The maximum Gasteiger partial charge on any atom is 0.232 e. The van der Waals surface area contributed by atoms with Gasteiger partial charge in [-0.1, -0.05) is 23.9 Å². The minimum atomic E-state index is -0.204. The zero-order valence-electron chi connectivity index (χ0n) is 16.5. The summed E-state index contributed by atoms with van der Waals surface area (Å²) in [6, 6.07) is 7.54. The van der Waals surface area contributed by atoms with Gasteiger partial charge < -0.3 is 20.1 Å². The van der Waals surface area contributed by atoms with Gasteiger partial charge in [0.1, 0.15) is 17.3 Å². The van der Waals surface area contributed by atoms with Crippen LogP contribution in [0.3, 0.4) is 0 Å². The van der Waals surface area contributed by atoms with Crippen LogP contribution < -0.4 is 15.2 Å². The number of amides is 1. The van der Waals surface area contributed by atoms with Gasteiger partial charge in [0.2, 0.25) is 5.91 Å². The molecule has 0 saturated heterocycles. The second-order valence-corrected chi connectivity index (χ2v) is 9.06. The van der Waals surface area contributed by atoms with Gasteiger partial charge in [-0.3, -0.25) is 4.79 Å². The van der Waals surface area contributed by atoms with Gasteiger partial charge >= 0.3 is 0 Å². The van der Waals surface area contributed by atoms with E-state index in [9.17, 15) is 4.79 Å². The summed E-state index contributed by atoms with van der Waals surface area (Å²) < 4.78 is 11.6. The molecule has 3 heterocycles. The quantitative estimate of drug-likeness (QED) is 0.491. The Bertz CT molecular complexity index is 1070. The second-order valence-electron chi connectivity index (χ2n) is 6.92. The van der Waals surface area contributed by atoms with Crippen molar-refractivity contribution >= 4 is 45.0 Å². The van der Waals surface area contributed by atoms with Crippen LogP contribution in [0.1, 0.15) is 10.4 Å². The predicted molar refractivity (Wildman–Crippen MR) is 116 cm³/mol. The Morgan fingerprint density at radius 3 is 2.86 bits per heavy atom. The lowest BCUT2D eigenvalue weighted by atomic mass is 10.2. The predicted octanol–water partition coefficient (Wildman–Crippen LogP) is 3.28. The highest BCUT2D eigenvalue weighted by Crippen LogP contribution is 2.33. The Labute approximate surface area is 177 Å². The first kappa shape index (κ1) is 19.8. The highest BCUT2D eigenvalue weighted by Gasteiger charge is 2.24. The number of para-hydroxylation sites is 2. The summed E-state index contributed by atoms with van der Waals surface area (Å²) in [6.07, 6.45) is -0.204. The maximum atomic E-state index is 12.6. The SMILES string of the molecule is Cc1sc2nc(SCC(=O)N(C)CC3COc4ccccc4O3)nc(N)c2c1C. The van der Waals surface area contributed by atoms with E-state index in [-0.39, 0.29) is 17.8 Å². The fourth-order valence-electron chi connectivity index (χ4n) is 3.12. The molecule has 0 spiro atoms. The van der Waals surface area contributed by atoms with Crippen LogP contribution in [0.15, 0.2) is 29.4 Å². The summed E-state index contributed by atoms with van der Waals surface area (Å²) in [5.41, 5.74) is 7.23. The first-order valence-electron chi connectivity index (χ1n) is 9.21. The van der Waals surface area contributed by atoms with Crippen LogP contribution in [-0.2, 0) is 4.79 Å². The van der Waals surface area contributed by atoms with Crippen molar-refractivity contribution in [3.8, 4) is 11.5 Å². The van der Waals surface area contributed by atoms with Crippen LogP contribution in [0.5, 0.6) is 11.5 Å². The number of aromatic nitrogens is 2. The average Bonchev–Trinajstić information content (AvgIpc) is 3.00. The molecule has 7 nitrogen and oxygen atoms in total. The number of rotatable bonds is 5. The molecule has 2 N–H and O–H groups in total. The van der Waals surface area contributed by atoms with E-state index in [0.717, 1.165) is 21.5 Å². The normalized spacial score (nSPS) is 15.5. The Hall–Kier alpha value is -2.52. The third-order valence-corrected chi connectivity index (χ3v) is 6.76. The van der Waals surface area contributed by atoms with Crippen molar-refractivity contribution in [1.82, 2.24) is 14.9 Å². The molecule has 0 bridgehead atoms. The molecule has 4 rings (SSSR count). The molecule has 0 radical (unpaired) electrons. The van der Waals surface area contributed by atoms with E-state index in [1.807, 2.05) is 38.1 Å². The van der Waals surface area contributed by atoms with E-state index in [1.165, 1.54) is 16.6 Å². The van der Waals surface area contributed by atoms with E-state index in [4.69, 9.17) is 15.2 Å². The number of carbonyl (C=O) groups excluding carboxylic acids is 1. The highest BCUT2D eigenvalue weighted by atomic mass is 32.2. The first-order chi connectivity index (χ1) is 13.9. The number of aryl methyl sites for hydroxylation is 2. The fraction of sp³-hybridized carbons (Fsp3) is 0.350. The van der Waals surface area contributed by atoms with Gasteiger partial charge in [-0.25, -0.2) is 9.97 Å². The number of thioether (sulfide) groups is 1. The van der Waals surface area contributed by atoms with Gasteiger partial charge in [-0.05, 0) is 31.5 Å². The van der Waals surface area contributed by atoms with Crippen molar-refractivity contribution in [3.63, 3.8) is 0 Å². The van der Waals surface area contributed by atoms with Gasteiger partial charge in [0.25, 0.3) is 0 Å². The molecule has 1 aliphatic rings. The van der Waals surface area contributed by atoms with Gasteiger partial charge in [0.15, 0.2) is 22.8 Å². The molecule has 2 aromatic heterocycles. The number of thiophene rings is 1. The van der Waals surface area contributed by atoms with Crippen molar-refractivity contribution in [2.45, 2.75) is 25.1 Å². The molecule has 1 aromatic carbocycles. The molecule has 1 aliphatic heterocycles. The average molecular weight is 431 g/mol. The number of likely N-dealkylation sites (N-methyl/N-ethyl adjacent to an activating group) is 1. The van der Waals surface area contributed by atoms with Crippen LogP contribution in [0.25, 0.3) is 10.2 Å². The van der Waals surface area contributed by atoms with E-state index in [2.05, 4.69) is 9.97 Å². The Kier molecular flexibility index (Phi) is 5.51. The number of nitrogen functional groups attached to an aromatic ring is 1. The van der Waals surface area contributed by atoms with Crippen LogP contribution in [0.2, 0.25) is 0 Å². The first-order valence-corrected chi connectivity index (χ1v) is 11.0. The summed E-state index contributed by atoms with van der Waals surface area (Å²) >= 11 is 2.89. The zero-order valence-corrected chi connectivity index (χ0v) is 18.1. The molecule has 0 aliphatic carbocycles. The van der Waals surface area contributed by atoms with Gasteiger partial charge in [0, 0.05) is 11.9 Å². The van der Waals surface area contributed by atoms with Crippen molar-refractivity contribution in [1.29, 1.82) is 0 Å². The lowest BCUT2D eigenvalue weighted by molar-refractivity contribution is -0.128. The Balaban J connectivity index is 1.35. The molecule has 0 fully saturated rings. The van der Waals surface area contributed by atoms with Crippen molar-refractivity contribution in [3.05, 3.63) is 34.7 Å². The Morgan fingerprint density at radius 2 is 2.07 bits per heavy atom.